The number of hydrogen-bond acceptors (Lipinski definition) is 5. The number of benzene rings is 1. The molecule has 1 saturated heterocycles. The number of fused-ring (bicyclic) bond motifs is 1. The monoisotopic (exact) mass is 375 g/mol. The third-order valence-electron chi connectivity index (χ3n) is 5.83. The second-order valence-electron chi connectivity index (χ2n) is 7.50. The molecule has 2 aromatic rings. The molecule has 2 fully saturated rings. The molecule has 1 N–H and O–H groups in total. The van der Waals surface area contributed by atoms with Gasteiger partial charge in [-0.15, -0.1) is 0 Å². The Kier molecular flexibility index (Phi) is 4.86. The van der Waals surface area contributed by atoms with Gasteiger partial charge in [-0.3, -0.25) is 4.68 Å². The first-order chi connectivity index (χ1) is 12.5. The van der Waals surface area contributed by atoms with Crippen LogP contribution in [0.4, 0.5) is 0 Å². The van der Waals surface area contributed by atoms with Crippen molar-refractivity contribution in [3.63, 3.8) is 0 Å². The molecular formula is C19H25N3O3S. The minimum Gasteiger partial charge on any atom is -0.391 e. The molecule has 7 heteroatoms. The molecule has 0 spiro atoms. The number of aliphatic hydroxyl groups is 1. The maximum Gasteiger partial charge on any atom is 0.179 e. The molecule has 0 amide bonds. The van der Waals surface area contributed by atoms with Crippen molar-refractivity contribution >= 4 is 9.84 Å². The van der Waals surface area contributed by atoms with E-state index in [0.717, 1.165) is 25.9 Å². The quantitative estimate of drug-likeness (QED) is 0.859. The summed E-state index contributed by atoms with van der Waals surface area (Å²) < 4.78 is 26.8. The molecule has 26 heavy (non-hydrogen) atoms. The molecule has 6 nitrogen and oxygen atoms in total. The highest BCUT2D eigenvalue weighted by Gasteiger charge is 2.42. The van der Waals surface area contributed by atoms with Gasteiger partial charge in [-0.05, 0) is 42.9 Å². The second-order valence-corrected chi connectivity index (χ2v) is 9.61. The summed E-state index contributed by atoms with van der Waals surface area (Å²) in [6.45, 7) is 2.32. The van der Waals surface area contributed by atoms with Gasteiger partial charge in [0, 0.05) is 32.0 Å². The Morgan fingerprint density at radius 2 is 1.81 bits per heavy atom. The van der Waals surface area contributed by atoms with Crippen molar-refractivity contribution in [3.8, 4) is 0 Å². The number of aliphatic hydroxyl groups excluding tert-OH is 1. The number of rotatable bonds is 5. The Balaban J connectivity index is 1.37. The van der Waals surface area contributed by atoms with E-state index >= 15 is 0 Å². The van der Waals surface area contributed by atoms with Gasteiger partial charge in [0.05, 0.1) is 22.8 Å². The number of hydrogen-bond donors (Lipinski definition) is 1. The largest absolute Gasteiger partial charge is 0.391 e. The summed E-state index contributed by atoms with van der Waals surface area (Å²) in [6.07, 6.45) is 4.93. The Labute approximate surface area is 154 Å². The van der Waals surface area contributed by atoms with Crippen LogP contribution < -0.4 is 0 Å². The fraction of sp³-hybridized carbons (Fsp3) is 0.526. The Morgan fingerprint density at radius 1 is 1.08 bits per heavy atom. The lowest BCUT2D eigenvalue weighted by Crippen LogP contribution is -2.36. The predicted octanol–water partition coefficient (Wildman–Crippen LogP) is 1.60. The van der Waals surface area contributed by atoms with Crippen LogP contribution in [0, 0.1) is 11.8 Å². The first-order valence-electron chi connectivity index (χ1n) is 9.20. The summed E-state index contributed by atoms with van der Waals surface area (Å²) in [6, 6.07) is 10.6. The van der Waals surface area contributed by atoms with Crippen LogP contribution in [0.2, 0.25) is 0 Å². The third kappa shape index (κ3) is 3.56. The van der Waals surface area contributed by atoms with Crippen LogP contribution in [-0.2, 0) is 9.84 Å². The summed E-state index contributed by atoms with van der Waals surface area (Å²) in [5, 5.41) is 14.8. The van der Waals surface area contributed by atoms with E-state index < -0.39 is 9.84 Å². The van der Waals surface area contributed by atoms with Gasteiger partial charge in [0.15, 0.2) is 9.84 Å². The van der Waals surface area contributed by atoms with Crippen molar-refractivity contribution in [3.05, 3.63) is 48.8 Å². The third-order valence-corrected chi connectivity index (χ3v) is 7.54. The van der Waals surface area contributed by atoms with Crippen LogP contribution in [0.1, 0.15) is 18.9 Å². The van der Waals surface area contributed by atoms with Crippen LogP contribution in [-0.4, -0.2) is 59.7 Å². The van der Waals surface area contributed by atoms with E-state index in [9.17, 15) is 13.5 Å². The van der Waals surface area contributed by atoms with Crippen molar-refractivity contribution in [1.29, 1.82) is 0 Å². The van der Waals surface area contributed by atoms with E-state index in [0.29, 0.717) is 23.3 Å². The van der Waals surface area contributed by atoms with Crippen molar-refractivity contribution in [2.45, 2.75) is 29.9 Å². The smallest absolute Gasteiger partial charge is 0.179 e. The summed E-state index contributed by atoms with van der Waals surface area (Å²) in [5.41, 5.74) is 0. The standard InChI is InChI=1S/C19H25N3O3S/c23-19-12-16-14-21(9-10-26(24,25)17-5-2-1-3-6-17)13-15(16)11-18(19)22-8-4-7-20-22/h1-8,15-16,18-19,23H,9-14H2/t15-,16+,18-,19-/m1/s1. The zero-order chi connectivity index (χ0) is 18.1. The van der Waals surface area contributed by atoms with E-state index in [1.54, 1.807) is 30.5 Å². The van der Waals surface area contributed by atoms with Gasteiger partial charge >= 0.3 is 0 Å². The molecule has 1 aliphatic carbocycles. The number of sulfone groups is 1. The van der Waals surface area contributed by atoms with Crippen molar-refractivity contribution in [1.82, 2.24) is 14.7 Å². The topological polar surface area (TPSA) is 75.4 Å². The zero-order valence-corrected chi connectivity index (χ0v) is 15.5. The van der Waals surface area contributed by atoms with Gasteiger partial charge in [-0.25, -0.2) is 8.42 Å². The van der Waals surface area contributed by atoms with E-state index in [1.807, 2.05) is 23.0 Å². The molecule has 1 aromatic carbocycles. The minimum atomic E-state index is -3.24. The molecule has 1 aliphatic heterocycles. The van der Waals surface area contributed by atoms with Gasteiger partial charge in [0.1, 0.15) is 0 Å². The van der Waals surface area contributed by atoms with Crippen LogP contribution >= 0.6 is 0 Å². The van der Waals surface area contributed by atoms with Gasteiger partial charge in [0.25, 0.3) is 0 Å². The lowest BCUT2D eigenvalue weighted by molar-refractivity contribution is 0.0306. The first kappa shape index (κ1) is 17.7. The highest BCUT2D eigenvalue weighted by atomic mass is 32.2. The Morgan fingerprint density at radius 3 is 2.50 bits per heavy atom. The maximum atomic E-state index is 12.5. The SMILES string of the molecule is O=S(=O)(CCN1C[C@H]2C[C@@H](n3cccn3)[C@H](O)C[C@H]2C1)c1ccccc1. The molecule has 4 atom stereocenters. The van der Waals surface area contributed by atoms with E-state index in [1.165, 1.54) is 0 Å². The lowest BCUT2D eigenvalue weighted by Gasteiger charge is -2.35. The van der Waals surface area contributed by atoms with Crippen molar-refractivity contribution < 1.29 is 13.5 Å². The molecule has 2 aliphatic rings. The van der Waals surface area contributed by atoms with Gasteiger partial charge in [0.2, 0.25) is 0 Å². The van der Waals surface area contributed by atoms with Gasteiger partial charge in [-0.2, -0.15) is 5.10 Å². The van der Waals surface area contributed by atoms with Crippen molar-refractivity contribution in [2.75, 3.05) is 25.4 Å². The molecule has 4 rings (SSSR count). The van der Waals surface area contributed by atoms with Crippen LogP contribution in [0.25, 0.3) is 0 Å². The van der Waals surface area contributed by atoms with E-state index in [2.05, 4.69) is 10.00 Å². The normalized spacial score (nSPS) is 29.6. The second kappa shape index (κ2) is 7.13. The summed E-state index contributed by atoms with van der Waals surface area (Å²) in [7, 11) is -3.24. The summed E-state index contributed by atoms with van der Waals surface area (Å²) in [5.74, 6) is 1.07. The van der Waals surface area contributed by atoms with Gasteiger partial charge < -0.3 is 10.0 Å². The first-order valence-corrected chi connectivity index (χ1v) is 10.9. The average Bonchev–Trinajstić information content (AvgIpc) is 3.29. The van der Waals surface area contributed by atoms with Crippen LogP contribution in [0.15, 0.2) is 53.7 Å². The lowest BCUT2D eigenvalue weighted by atomic mass is 9.77. The average molecular weight is 375 g/mol. The van der Waals surface area contributed by atoms with Crippen LogP contribution in [0.3, 0.4) is 0 Å². The fourth-order valence-corrected chi connectivity index (χ4v) is 5.75. The van der Waals surface area contributed by atoms with Gasteiger partial charge in [-0.1, -0.05) is 18.2 Å². The minimum absolute atomic E-state index is 0.0271. The van der Waals surface area contributed by atoms with Crippen LogP contribution in [0.5, 0.6) is 0 Å². The highest BCUT2D eigenvalue weighted by molar-refractivity contribution is 7.91. The van der Waals surface area contributed by atoms with Crippen molar-refractivity contribution in [2.24, 2.45) is 11.8 Å². The fourth-order valence-electron chi connectivity index (χ4n) is 4.44. The molecule has 140 valence electrons. The molecule has 0 unspecified atom stereocenters. The molecule has 0 bridgehead atoms. The zero-order valence-electron chi connectivity index (χ0n) is 14.7. The molecule has 1 saturated carbocycles. The highest BCUT2D eigenvalue weighted by Crippen LogP contribution is 2.41. The van der Waals surface area contributed by atoms with E-state index in [4.69, 9.17) is 0 Å². The maximum absolute atomic E-state index is 12.5. The van der Waals surface area contributed by atoms with E-state index in [-0.39, 0.29) is 17.9 Å². The number of aromatic nitrogens is 2. The number of nitrogens with zero attached hydrogens (tertiary/aromatic N) is 3. The molecule has 2 heterocycles. The Hall–Kier alpha value is -1.70. The predicted molar refractivity (Wildman–Crippen MR) is 98.4 cm³/mol. The number of likely N-dealkylation sites (tertiary alicyclic amines) is 1. The summed E-state index contributed by atoms with van der Waals surface area (Å²) in [4.78, 5) is 2.64. The molecule has 0 radical (unpaired) electrons. The summed E-state index contributed by atoms with van der Waals surface area (Å²) >= 11 is 0. The molecular weight excluding hydrogens is 350 g/mol. The molecule has 1 aromatic heterocycles. The Bertz CT molecular complexity index is 823.